The molecule has 39 heavy (non-hydrogen) atoms. The summed E-state index contributed by atoms with van der Waals surface area (Å²) in [6.07, 6.45) is 33.8. The van der Waals surface area contributed by atoms with Crippen LogP contribution in [0.5, 0.6) is 0 Å². The Morgan fingerprint density at radius 2 is 0.641 bits per heavy atom. The monoisotopic (exact) mass is 684 g/mol. The summed E-state index contributed by atoms with van der Waals surface area (Å²) >= 11 is 0. The van der Waals surface area contributed by atoms with E-state index in [0.29, 0.717) is 0 Å². The van der Waals surface area contributed by atoms with Crippen molar-refractivity contribution in [2.75, 3.05) is 54.4 Å². The Bertz CT molecular complexity index is 420. The van der Waals surface area contributed by atoms with Gasteiger partial charge in [-0.1, -0.05) is 129 Å². The van der Waals surface area contributed by atoms with E-state index in [-0.39, 0.29) is 34.0 Å². The summed E-state index contributed by atoms with van der Waals surface area (Å²) in [4.78, 5) is 6.24. The van der Waals surface area contributed by atoms with Gasteiger partial charge in [-0.05, 0) is 38.5 Å². The number of quaternary nitrogens is 2. The SMILES string of the molecule is CCCCCCCCCCCCC[N+](C)(C)CCCCO[N+](C)(C)CCCCCCCCCCCCC.[Br-].[Br-]. The molecule has 0 saturated heterocycles. The Kier molecular flexibility index (Phi) is 36.1. The van der Waals surface area contributed by atoms with Crippen molar-refractivity contribution in [3.63, 3.8) is 0 Å². The standard InChI is InChI=1S/C34H74N2O.2BrH/c1-7-9-11-13-15-17-19-21-23-25-27-31-35(3,4)32-29-30-34-37-36(5,6)33-28-26-24-22-20-18-16-14-12-10-8-2;;/h7-34H2,1-6H3;2*1H/q+2;;/p-2. The highest BCUT2D eigenvalue weighted by Crippen LogP contribution is 2.14. The van der Waals surface area contributed by atoms with Crippen LogP contribution in [-0.4, -0.2) is 63.6 Å². The third-order valence-electron chi connectivity index (χ3n) is 8.27. The van der Waals surface area contributed by atoms with Crippen LogP contribution < -0.4 is 34.0 Å². The molecule has 0 aliphatic rings. The van der Waals surface area contributed by atoms with Crippen LogP contribution >= 0.6 is 0 Å². The van der Waals surface area contributed by atoms with Crippen molar-refractivity contribution in [1.29, 1.82) is 0 Å². The molecule has 0 radical (unpaired) electrons. The van der Waals surface area contributed by atoms with Crippen LogP contribution in [0.2, 0.25) is 0 Å². The van der Waals surface area contributed by atoms with Crippen molar-refractivity contribution in [3.05, 3.63) is 0 Å². The maximum absolute atomic E-state index is 6.24. The molecule has 0 heterocycles. The van der Waals surface area contributed by atoms with Gasteiger partial charge in [0.15, 0.2) is 0 Å². The van der Waals surface area contributed by atoms with Crippen molar-refractivity contribution in [3.8, 4) is 0 Å². The molecular formula is C34H74Br2N2O. The molecule has 0 fully saturated rings. The van der Waals surface area contributed by atoms with Gasteiger partial charge in [-0.15, -0.1) is 0 Å². The summed E-state index contributed by atoms with van der Waals surface area (Å²) < 4.78 is 1.91. The van der Waals surface area contributed by atoms with E-state index in [0.717, 1.165) is 17.8 Å². The van der Waals surface area contributed by atoms with Crippen LogP contribution in [0.25, 0.3) is 0 Å². The van der Waals surface area contributed by atoms with E-state index in [1.165, 1.54) is 172 Å². The van der Waals surface area contributed by atoms with Gasteiger partial charge in [0.2, 0.25) is 0 Å². The lowest BCUT2D eigenvalue weighted by molar-refractivity contribution is -1.08. The van der Waals surface area contributed by atoms with Gasteiger partial charge in [0, 0.05) is 0 Å². The van der Waals surface area contributed by atoms with Crippen LogP contribution in [-0.2, 0) is 4.84 Å². The minimum absolute atomic E-state index is 0. The summed E-state index contributed by atoms with van der Waals surface area (Å²) in [5.74, 6) is 0. The summed E-state index contributed by atoms with van der Waals surface area (Å²) in [6, 6.07) is 0. The number of halogens is 2. The van der Waals surface area contributed by atoms with Gasteiger partial charge >= 0.3 is 0 Å². The molecule has 0 saturated carbocycles. The number of rotatable bonds is 30. The van der Waals surface area contributed by atoms with Gasteiger partial charge < -0.3 is 38.4 Å². The third kappa shape index (κ3) is 34.9. The van der Waals surface area contributed by atoms with Crippen molar-refractivity contribution < 1.29 is 47.9 Å². The molecule has 0 aromatic heterocycles. The van der Waals surface area contributed by atoms with Gasteiger partial charge in [0.25, 0.3) is 0 Å². The Labute approximate surface area is 269 Å². The van der Waals surface area contributed by atoms with Gasteiger partial charge in [-0.3, -0.25) is 0 Å². The second-order valence-corrected chi connectivity index (χ2v) is 13.3. The van der Waals surface area contributed by atoms with Crippen molar-refractivity contribution in [1.82, 2.24) is 0 Å². The summed E-state index contributed by atoms with van der Waals surface area (Å²) in [5.41, 5.74) is 0. The van der Waals surface area contributed by atoms with E-state index in [1.54, 1.807) is 0 Å². The van der Waals surface area contributed by atoms with Crippen molar-refractivity contribution >= 4 is 0 Å². The second kappa shape index (κ2) is 31.8. The zero-order chi connectivity index (χ0) is 27.5. The lowest BCUT2D eigenvalue weighted by atomic mass is 10.1. The fourth-order valence-corrected chi connectivity index (χ4v) is 5.49. The van der Waals surface area contributed by atoms with Gasteiger partial charge in [0.05, 0.1) is 41.3 Å². The Balaban J connectivity index is -0.00000648. The number of nitrogens with zero attached hydrogens (tertiary/aromatic N) is 2. The quantitative estimate of drug-likeness (QED) is 0.0616. The van der Waals surface area contributed by atoms with E-state index >= 15 is 0 Å². The van der Waals surface area contributed by atoms with Crippen LogP contribution in [0.1, 0.15) is 168 Å². The van der Waals surface area contributed by atoms with Crippen LogP contribution in [0.4, 0.5) is 0 Å². The largest absolute Gasteiger partial charge is 1.00 e. The minimum Gasteiger partial charge on any atom is -1.00 e. The highest BCUT2D eigenvalue weighted by Gasteiger charge is 2.17. The second-order valence-electron chi connectivity index (χ2n) is 13.3. The predicted octanol–water partition coefficient (Wildman–Crippen LogP) is 4.48. The van der Waals surface area contributed by atoms with E-state index < -0.39 is 0 Å². The number of hydrogen-bond acceptors (Lipinski definition) is 1. The lowest BCUT2D eigenvalue weighted by Crippen LogP contribution is -3.00. The average Bonchev–Trinajstić information content (AvgIpc) is 2.85. The fraction of sp³-hybridized carbons (Fsp3) is 1.00. The summed E-state index contributed by atoms with van der Waals surface area (Å²) in [6.45, 7) is 9.27. The van der Waals surface area contributed by atoms with E-state index in [4.69, 9.17) is 4.84 Å². The molecule has 0 rings (SSSR count). The van der Waals surface area contributed by atoms with Crippen LogP contribution in [0.15, 0.2) is 0 Å². The summed E-state index contributed by atoms with van der Waals surface area (Å²) in [7, 11) is 9.32. The molecule has 0 unspecified atom stereocenters. The maximum Gasteiger partial charge on any atom is 0.108 e. The van der Waals surface area contributed by atoms with Gasteiger partial charge in [-0.25, -0.2) is 4.84 Å². The van der Waals surface area contributed by atoms with Crippen LogP contribution in [0.3, 0.4) is 0 Å². The maximum atomic E-state index is 6.24. The molecule has 0 aliphatic carbocycles. The normalized spacial score (nSPS) is 11.8. The molecule has 240 valence electrons. The van der Waals surface area contributed by atoms with Crippen molar-refractivity contribution in [2.24, 2.45) is 0 Å². The molecule has 0 aromatic rings. The predicted molar refractivity (Wildman–Crippen MR) is 167 cm³/mol. The number of hydrogen-bond donors (Lipinski definition) is 0. The molecular weight excluding hydrogens is 612 g/mol. The number of unbranched alkanes of at least 4 members (excludes halogenated alkanes) is 21. The molecule has 3 nitrogen and oxygen atoms in total. The minimum atomic E-state index is 0. The first-order valence-corrected chi connectivity index (χ1v) is 17.1. The van der Waals surface area contributed by atoms with Crippen LogP contribution in [0, 0.1) is 0 Å². The fourth-order valence-electron chi connectivity index (χ4n) is 5.49. The Morgan fingerprint density at radius 3 is 1.00 bits per heavy atom. The first-order valence-electron chi connectivity index (χ1n) is 17.1. The highest BCUT2D eigenvalue weighted by molar-refractivity contribution is 4.50. The number of hydroxylamine groups is 3. The topological polar surface area (TPSA) is 9.23 Å². The molecule has 0 bridgehead atoms. The molecule has 0 N–H and O–H groups in total. The van der Waals surface area contributed by atoms with Gasteiger partial charge in [0.1, 0.15) is 13.2 Å². The Hall–Kier alpha value is 0.840. The smallest absolute Gasteiger partial charge is 0.108 e. The Morgan fingerprint density at radius 1 is 0.359 bits per heavy atom. The van der Waals surface area contributed by atoms with Gasteiger partial charge in [-0.2, -0.15) is 4.65 Å². The van der Waals surface area contributed by atoms with E-state index in [1.807, 2.05) is 0 Å². The van der Waals surface area contributed by atoms with E-state index in [9.17, 15) is 0 Å². The third-order valence-corrected chi connectivity index (χ3v) is 8.27. The molecule has 0 aromatic carbocycles. The molecule has 5 heteroatoms. The zero-order valence-electron chi connectivity index (χ0n) is 27.9. The highest BCUT2D eigenvalue weighted by atomic mass is 79.9. The molecule has 0 spiro atoms. The molecule has 0 atom stereocenters. The first kappa shape index (κ1) is 44.3. The first-order chi connectivity index (χ1) is 17.8. The zero-order valence-corrected chi connectivity index (χ0v) is 31.0. The van der Waals surface area contributed by atoms with Crippen molar-refractivity contribution in [2.45, 2.75) is 168 Å². The van der Waals surface area contributed by atoms with E-state index in [2.05, 4.69) is 42.0 Å². The molecule has 0 aliphatic heterocycles. The lowest BCUT2D eigenvalue weighted by Gasteiger charge is -2.30. The summed E-state index contributed by atoms with van der Waals surface area (Å²) in [5, 5.41) is 0. The average molecular weight is 687 g/mol. The molecule has 0 amide bonds.